The number of rotatable bonds is 5. The average Bonchev–Trinajstić information content (AvgIpc) is 3.27. The van der Waals surface area contributed by atoms with Gasteiger partial charge in [-0.1, -0.05) is 60.2 Å². The van der Waals surface area contributed by atoms with Gasteiger partial charge in [0, 0.05) is 18.1 Å². The van der Waals surface area contributed by atoms with Crippen molar-refractivity contribution in [2.45, 2.75) is 25.9 Å². The summed E-state index contributed by atoms with van der Waals surface area (Å²) in [4.78, 5) is 43.7. The first kappa shape index (κ1) is 20.7. The van der Waals surface area contributed by atoms with Gasteiger partial charge in [-0.15, -0.1) is 11.3 Å². The molecule has 2 aromatic carbocycles. The van der Waals surface area contributed by atoms with E-state index in [-0.39, 0.29) is 0 Å². The third kappa shape index (κ3) is 4.20. The van der Waals surface area contributed by atoms with Crippen molar-refractivity contribution in [3.8, 4) is 0 Å². The van der Waals surface area contributed by atoms with Gasteiger partial charge in [-0.05, 0) is 25.0 Å². The maximum Gasteiger partial charge on any atom is 0.325 e. The highest BCUT2D eigenvalue weighted by Gasteiger charge is 2.49. The van der Waals surface area contributed by atoms with Gasteiger partial charge in [0.15, 0.2) is 4.80 Å². The molecule has 1 saturated heterocycles. The monoisotopic (exact) mass is 434 g/mol. The number of nitrogens with one attached hydrogen (secondary N) is 1. The number of nitrogens with zero attached hydrogens (tertiary/aromatic N) is 3. The fraction of sp³-hybridized carbons (Fsp3) is 0.217. The standard InChI is InChI=1S/C23H22N4O3S/c1-16-8-10-18(11-9-16)23(2)20(29)27(21(30)25-23)15-19(28)24-22-26(12-13-31-22)14-17-6-4-3-5-7-17/h3-13H,14-15H2,1-2H3,(H,25,30). The second-order valence-corrected chi connectivity index (χ2v) is 8.49. The van der Waals surface area contributed by atoms with E-state index in [1.807, 2.05) is 65.5 Å². The van der Waals surface area contributed by atoms with E-state index in [4.69, 9.17) is 0 Å². The molecule has 4 amide bonds. The molecule has 0 radical (unpaired) electrons. The lowest BCUT2D eigenvalue weighted by Gasteiger charge is -2.22. The fourth-order valence-corrected chi connectivity index (χ4v) is 4.23. The first-order valence-electron chi connectivity index (χ1n) is 9.83. The van der Waals surface area contributed by atoms with Crippen molar-refractivity contribution in [3.05, 3.63) is 87.7 Å². The van der Waals surface area contributed by atoms with Crippen molar-refractivity contribution in [1.29, 1.82) is 0 Å². The average molecular weight is 435 g/mol. The van der Waals surface area contributed by atoms with Crippen LogP contribution in [0.4, 0.5) is 4.79 Å². The van der Waals surface area contributed by atoms with Crippen LogP contribution >= 0.6 is 11.3 Å². The summed E-state index contributed by atoms with van der Waals surface area (Å²) in [5.41, 5.74) is 1.59. The van der Waals surface area contributed by atoms with Gasteiger partial charge in [0.05, 0.1) is 0 Å². The van der Waals surface area contributed by atoms with Gasteiger partial charge in [-0.25, -0.2) is 4.79 Å². The Morgan fingerprint density at radius 1 is 1.10 bits per heavy atom. The number of carbonyl (C=O) groups is 3. The number of imide groups is 1. The van der Waals surface area contributed by atoms with Crippen molar-refractivity contribution >= 4 is 29.2 Å². The minimum absolute atomic E-state index is 0.407. The van der Waals surface area contributed by atoms with Gasteiger partial charge in [0.2, 0.25) is 0 Å². The molecule has 31 heavy (non-hydrogen) atoms. The summed E-state index contributed by atoms with van der Waals surface area (Å²) in [7, 11) is 0. The number of aromatic nitrogens is 1. The van der Waals surface area contributed by atoms with Crippen LogP contribution in [-0.2, 0) is 21.7 Å². The topological polar surface area (TPSA) is 83.8 Å². The summed E-state index contributed by atoms with van der Waals surface area (Å²) in [5.74, 6) is -1.02. The van der Waals surface area contributed by atoms with E-state index in [1.165, 1.54) is 11.3 Å². The lowest BCUT2D eigenvalue weighted by atomic mass is 9.91. The third-order valence-electron chi connectivity index (χ3n) is 5.27. The molecule has 0 bridgehead atoms. The predicted molar refractivity (Wildman–Crippen MR) is 117 cm³/mol. The molecule has 0 aliphatic carbocycles. The number of amides is 4. The molecule has 1 N–H and O–H groups in total. The van der Waals surface area contributed by atoms with Crippen LogP contribution in [0.2, 0.25) is 0 Å². The molecule has 1 aliphatic heterocycles. The zero-order valence-electron chi connectivity index (χ0n) is 17.2. The van der Waals surface area contributed by atoms with Gasteiger partial charge in [0.25, 0.3) is 11.8 Å². The molecular weight excluding hydrogens is 412 g/mol. The summed E-state index contributed by atoms with van der Waals surface area (Å²) in [6.45, 7) is 3.76. The molecule has 3 aromatic rings. The Morgan fingerprint density at radius 2 is 1.81 bits per heavy atom. The molecule has 158 valence electrons. The predicted octanol–water partition coefficient (Wildman–Crippen LogP) is 2.80. The minimum atomic E-state index is -1.21. The quantitative estimate of drug-likeness (QED) is 0.627. The highest BCUT2D eigenvalue weighted by molar-refractivity contribution is 7.07. The Balaban J connectivity index is 1.52. The number of benzene rings is 2. The van der Waals surface area contributed by atoms with Gasteiger partial charge >= 0.3 is 6.03 Å². The second kappa shape index (κ2) is 8.31. The van der Waals surface area contributed by atoms with E-state index in [0.717, 1.165) is 16.0 Å². The molecule has 8 heteroatoms. The fourth-order valence-electron chi connectivity index (χ4n) is 3.49. The molecule has 1 atom stereocenters. The largest absolute Gasteiger partial charge is 0.325 e. The maximum absolute atomic E-state index is 13.0. The molecule has 4 rings (SSSR count). The van der Waals surface area contributed by atoms with Crippen LogP contribution < -0.4 is 10.1 Å². The van der Waals surface area contributed by atoms with Crippen molar-refractivity contribution < 1.29 is 14.4 Å². The molecule has 0 saturated carbocycles. The number of aryl methyl sites for hydroxylation is 1. The van der Waals surface area contributed by atoms with E-state index >= 15 is 0 Å². The van der Waals surface area contributed by atoms with Crippen LogP contribution in [0.5, 0.6) is 0 Å². The number of thiazole rings is 1. The van der Waals surface area contributed by atoms with E-state index < -0.39 is 29.9 Å². The van der Waals surface area contributed by atoms with Crippen LogP contribution in [0, 0.1) is 6.92 Å². The van der Waals surface area contributed by atoms with Crippen molar-refractivity contribution in [2.75, 3.05) is 6.54 Å². The Bertz CT molecular complexity index is 1200. The van der Waals surface area contributed by atoms with Crippen LogP contribution in [0.15, 0.2) is 71.2 Å². The number of urea groups is 1. The van der Waals surface area contributed by atoms with Gasteiger partial charge in [-0.3, -0.25) is 14.5 Å². The highest BCUT2D eigenvalue weighted by atomic mass is 32.1. The van der Waals surface area contributed by atoms with Crippen molar-refractivity contribution in [1.82, 2.24) is 14.8 Å². The summed E-state index contributed by atoms with van der Waals surface area (Å²) >= 11 is 1.33. The summed E-state index contributed by atoms with van der Waals surface area (Å²) < 4.78 is 1.86. The Hall–Kier alpha value is -3.52. The van der Waals surface area contributed by atoms with Gasteiger partial charge in [0.1, 0.15) is 12.1 Å². The van der Waals surface area contributed by atoms with E-state index in [2.05, 4.69) is 10.3 Å². The molecule has 1 fully saturated rings. The van der Waals surface area contributed by atoms with Crippen LogP contribution in [0.25, 0.3) is 0 Å². The molecular formula is C23H22N4O3S. The molecule has 2 heterocycles. The smallest absolute Gasteiger partial charge is 0.319 e. The van der Waals surface area contributed by atoms with Gasteiger partial charge < -0.3 is 9.88 Å². The summed E-state index contributed by atoms with van der Waals surface area (Å²) in [6, 6.07) is 16.6. The van der Waals surface area contributed by atoms with E-state index in [9.17, 15) is 14.4 Å². The van der Waals surface area contributed by atoms with Crippen LogP contribution in [0.3, 0.4) is 0 Å². The van der Waals surface area contributed by atoms with E-state index in [0.29, 0.717) is 16.9 Å². The number of hydrogen-bond donors (Lipinski definition) is 1. The van der Waals surface area contributed by atoms with Crippen molar-refractivity contribution in [3.63, 3.8) is 0 Å². The molecule has 1 aliphatic rings. The number of hydrogen-bond acceptors (Lipinski definition) is 4. The molecule has 7 nitrogen and oxygen atoms in total. The zero-order valence-corrected chi connectivity index (χ0v) is 18.1. The van der Waals surface area contributed by atoms with Crippen LogP contribution in [-0.4, -0.2) is 33.9 Å². The Labute approximate surface area is 183 Å². The SMILES string of the molecule is Cc1ccc(C2(C)NC(=O)N(CC(=O)N=c3sccn3Cc3ccccc3)C2=O)cc1. The summed E-state index contributed by atoms with van der Waals surface area (Å²) in [6.07, 6.45) is 1.85. The first-order chi connectivity index (χ1) is 14.9. The van der Waals surface area contributed by atoms with Crippen molar-refractivity contribution in [2.24, 2.45) is 4.99 Å². The van der Waals surface area contributed by atoms with E-state index in [1.54, 1.807) is 19.1 Å². The Kier molecular flexibility index (Phi) is 5.56. The minimum Gasteiger partial charge on any atom is -0.319 e. The highest BCUT2D eigenvalue weighted by Crippen LogP contribution is 2.28. The normalized spacial score (nSPS) is 19.0. The maximum atomic E-state index is 13.0. The van der Waals surface area contributed by atoms with Gasteiger partial charge in [-0.2, -0.15) is 4.99 Å². The summed E-state index contributed by atoms with van der Waals surface area (Å²) in [5, 5.41) is 4.56. The Morgan fingerprint density at radius 3 is 2.52 bits per heavy atom. The van der Waals surface area contributed by atoms with Crippen LogP contribution in [0.1, 0.15) is 23.6 Å². The number of carbonyl (C=O) groups excluding carboxylic acids is 3. The molecule has 0 spiro atoms. The lowest BCUT2D eigenvalue weighted by molar-refractivity contribution is -0.134. The zero-order chi connectivity index (χ0) is 22.0. The molecule has 1 aromatic heterocycles. The first-order valence-corrected chi connectivity index (χ1v) is 10.7. The second-order valence-electron chi connectivity index (χ2n) is 7.62. The molecule has 1 unspecified atom stereocenters. The third-order valence-corrected chi connectivity index (χ3v) is 6.07. The lowest BCUT2D eigenvalue weighted by Crippen LogP contribution is -2.41.